The van der Waals surface area contributed by atoms with Crippen LogP contribution in [0.5, 0.6) is 5.75 Å². The number of rotatable bonds is 7. The highest BCUT2D eigenvalue weighted by molar-refractivity contribution is 5.89. The molecule has 0 aromatic heterocycles. The number of hydrogen-bond donors (Lipinski definition) is 1. The molecule has 5 rings (SSSR count). The number of benzene rings is 4. The largest absolute Gasteiger partial charge is 0.488 e. The number of piperidine rings is 1. The minimum Gasteiger partial charge on any atom is -0.488 e. The summed E-state index contributed by atoms with van der Waals surface area (Å²) in [4.78, 5) is 0. The molecule has 1 N–H and O–H groups in total. The maximum absolute atomic E-state index is 13.4. The Morgan fingerprint density at radius 2 is 1.61 bits per heavy atom. The monoisotopic (exact) mass is 441 g/mol. The van der Waals surface area contributed by atoms with Crippen molar-refractivity contribution in [3.05, 3.63) is 114 Å². The Kier molecular flexibility index (Phi) is 6.66. The third-order valence-electron chi connectivity index (χ3n) is 6.31. The number of hydrogen-bond acceptors (Lipinski definition) is 3. The molecule has 0 radical (unpaired) electrons. The predicted octanol–water partition coefficient (Wildman–Crippen LogP) is 6.22. The predicted molar refractivity (Wildman–Crippen MR) is 130 cm³/mol. The van der Waals surface area contributed by atoms with Crippen molar-refractivity contribution < 1.29 is 13.9 Å². The minimum atomic E-state index is -0.204. The summed E-state index contributed by atoms with van der Waals surface area (Å²) in [5, 5.41) is 5.67. The molecule has 0 saturated carbocycles. The molecule has 3 nitrogen and oxygen atoms in total. The lowest BCUT2D eigenvalue weighted by molar-refractivity contribution is 0.0106. The molecule has 1 aliphatic heterocycles. The highest BCUT2D eigenvalue weighted by Crippen LogP contribution is 2.31. The van der Waals surface area contributed by atoms with Crippen LogP contribution in [0.1, 0.15) is 29.0 Å². The van der Waals surface area contributed by atoms with Crippen LogP contribution in [-0.2, 0) is 18.0 Å². The van der Waals surface area contributed by atoms with Gasteiger partial charge in [0, 0.05) is 17.8 Å². The number of nitrogens with one attached hydrogen (secondary N) is 1. The molecule has 1 heterocycles. The van der Waals surface area contributed by atoms with Gasteiger partial charge in [0.15, 0.2) is 0 Å². The first-order valence-electron chi connectivity index (χ1n) is 11.5. The molecule has 1 aliphatic rings. The molecular formula is C29H28FNO2. The van der Waals surface area contributed by atoms with Crippen molar-refractivity contribution in [1.82, 2.24) is 5.32 Å². The van der Waals surface area contributed by atoms with Crippen LogP contribution < -0.4 is 10.1 Å². The summed E-state index contributed by atoms with van der Waals surface area (Å²) in [6.07, 6.45) is 1.00. The molecule has 4 heteroatoms. The van der Waals surface area contributed by atoms with Gasteiger partial charge in [-0.2, -0.15) is 0 Å². The summed E-state index contributed by atoms with van der Waals surface area (Å²) >= 11 is 0. The van der Waals surface area contributed by atoms with E-state index in [1.807, 2.05) is 42.5 Å². The molecule has 0 spiro atoms. The number of fused-ring (bicyclic) bond motifs is 1. The summed E-state index contributed by atoms with van der Waals surface area (Å²) in [6.45, 7) is 2.74. The lowest BCUT2D eigenvalue weighted by Crippen LogP contribution is -2.40. The molecule has 0 bridgehead atoms. The van der Waals surface area contributed by atoms with Gasteiger partial charge in [-0.15, -0.1) is 0 Å². The highest BCUT2D eigenvalue weighted by atomic mass is 19.1. The first-order chi connectivity index (χ1) is 16.3. The third kappa shape index (κ3) is 5.24. The Balaban J connectivity index is 1.34. The van der Waals surface area contributed by atoms with Gasteiger partial charge in [-0.3, -0.25) is 0 Å². The summed E-state index contributed by atoms with van der Waals surface area (Å²) in [6, 6.07) is 29.6. The standard InChI is InChI=1S/C29H28FNO2/c30-25-12-10-23(11-13-25)27-14-15-31-18-29(27)33-20-22-16-24-8-4-5-9-26(24)28(17-22)32-19-21-6-2-1-3-7-21/h1-13,16-17,27,29,31H,14-15,18-20H2/t27-,29+/m1/s1. The second-order valence-corrected chi connectivity index (χ2v) is 8.59. The zero-order valence-electron chi connectivity index (χ0n) is 18.5. The fraction of sp³-hybridized carbons (Fsp3) is 0.241. The second-order valence-electron chi connectivity index (χ2n) is 8.59. The average Bonchev–Trinajstić information content (AvgIpc) is 2.87. The van der Waals surface area contributed by atoms with Crippen molar-refractivity contribution in [2.45, 2.75) is 31.7 Å². The van der Waals surface area contributed by atoms with Crippen LogP contribution in [0.3, 0.4) is 0 Å². The van der Waals surface area contributed by atoms with Gasteiger partial charge in [0.1, 0.15) is 18.2 Å². The molecule has 0 unspecified atom stereocenters. The summed E-state index contributed by atoms with van der Waals surface area (Å²) in [7, 11) is 0. The quantitative estimate of drug-likeness (QED) is 0.369. The van der Waals surface area contributed by atoms with Crippen molar-refractivity contribution in [3.8, 4) is 5.75 Å². The van der Waals surface area contributed by atoms with Crippen LogP contribution in [-0.4, -0.2) is 19.2 Å². The second kappa shape index (κ2) is 10.2. The zero-order chi connectivity index (χ0) is 22.5. The van der Waals surface area contributed by atoms with Gasteiger partial charge >= 0.3 is 0 Å². The van der Waals surface area contributed by atoms with Gasteiger partial charge in [-0.05, 0) is 59.3 Å². The number of ether oxygens (including phenoxy) is 2. The molecule has 4 aromatic carbocycles. The Labute approximate surface area is 194 Å². The first-order valence-corrected chi connectivity index (χ1v) is 11.5. The van der Waals surface area contributed by atoms with Gasteiger partial charge in [0.2, 0.25) is 0 Å². The van der Waals surface area contributed by atoms with E-state index < -0.39 is 0 Å². The van der Waals surface area contributed by atoms with Gasteiger partial charge < -0.3 is 14.8 Å². The van der Waals surface area contributed by atoms with Gasteiger partial charge in [0.05, 0.1) is 12.7 Å². The minimum absolute atomic E-state index is 0.0318. The van der Waals surface area contributed by atoms with Crippen LogP contribution in [0.4, 0.5) is 4.39 Å². The maximum Gasteiger partial charge on any atom is 0.127 e. The topological polar surface area (TPSA) is 30.5 Å². The maximum atomic E-state index is 13.4. The Bertz CT molecular complexity index is 1190. The molecule has 33 heavy (non-hydrogen) atoms. The van der Waals surface area contributed by atoms with Gasteiger partial charge in [-0.25, -0.2) is 4.39 Å². The molecule has 0 aliphatic carbocycles. The average molecular weight is 442 g/mol. The van der Waals surface area contributed by atoms with Crippen molar-refractivity contribution in [2.24, 2.45) is 0 Å². The normalized spacial score (nSPS) is 18.3. The van der Waals surface area contributed by atoms with E-state index in [1.165, 1.54) is 12.1 Å². The molecule has 2 atom stereocenters. The van der Waals surface area contributed by atoms with Crippen LogP contribution in [0.15, 0.2) is 91.0 Å². The van der Waals surface area contributed by atoms with E-state index in [-0.39, 0.29) is 17.8 Å². The van der Waals surface area contributed by atoms with E-state index in [9.17, 15) is 4.39 Å². The van der Waals surface area contributed by atoms with E-state index in [2.05, 4.69) is 41.7 Å². The third-order valence-corrected chi connectivity index (χ3v) is 6.31. The van der Waals surface area contributed by atoms with Gasteiger partial charge in [0.25, 0.3) is 0 Å². The Morgan fingerprint density at radius 1 is 0.818 bits per heavy atom. The van der Waals surface area contributed by atoms with Crippen molar-refractivity contribution >= 4 is 10.8 Å². The molecule has 1 fully saturated rings. The lowest BCUT2D eigenvalue weighted by Gasteiger charge is -2.32. The highest BCUT2D eigenvalue weighted by Gasteiger charge is 2.27. The lowest BCUT2D eigenvalue weighted by atomic mass is 9.88. The van der Waals surface area contributed by atoms with Gasteiger partial charge in [-0.1, -0.05) is 66.7 Å². The summed E-state index contributed by atoms with van der Waals surface area (Å²) < 4.78 is 26.1. The van der Waals surface area contributed by atoms with Crippen LogP contribution >= 0.6 is 0 Å². The van der Waals surface area contributed by atoms with E-state index in [0.717, 1.165) is 52.7 Å². The van der Waals surface area contributed by atoms with E-state index in [0.29, 0.717) is 13.2 Å². The zero-order valence-corrected chi connectivity index (χ0v) is 18.5. The molecule has 168 valence electrons. The van der Waals surface area contributed by atoms with E-state index >= 15 is 0 Å². The van der Waals surface area contributed by atoms with E-state index in [1.54, 1.807) is 0 Å². The number of halogens is 1. The Morgan fingerprint density at radius 3 is 2.45 bits per heavy atom. The summed E-state index contributed by atoms with van der Waals surface area (Å²) in [5.41, 5.74) is 3.35. The first kappa shape index (κ1) is 21.6. The molecule has 1 saturated heterocycles. The molecule has 4 aromatic rings. The van der Waals surface area contributed by atoms with E-state index in [4.69, 9.17) is 9.47 Å². The van der Waals surface area contributed by atoms with Crippen LogP contribution in [0.2, 0.25) is 0 Å². The molecular weight excluding hydrogens is 413 g/mol. The molecule has 0 amide bonds. The Hall–Kier alpha value is -3.21. The van der Waals surface area contributed by atoms with Crippen LogP contribution in [0, 0.1) is 5.82 Å². The fourth-order valence-corrected chi connectivity index (χ4v) is 4.57. The fourth-order valence-electron chi connectivity index (χ4n) is 4.57. The van der Waals surface area contributed by atoms with Crippen molar-refractivity contribution in [2.75, 3.05) is 13.1 Å². The van der Waals surface area contributed by atoms with Crippen molar-refractivity contribution in [3.63, 3.8) is 0 Å². The van der Waals surface area contributed by atoms with Crippen LogP contribution in [0.25, 0.3) is 10.8 Å². The smallest absolute Gasteiger partial charge is 0.127 e. The SMILES string of the molecule is Fc1ccc([C@H]2CCNC[C@@H]2OCc2cc(OCc3ccccc3)c3ccccc3c2)cc1. The summed E-state index contributed by atoms with van der Waals surface area (Å²) in [5.74, 6) is 0.915. The van der Waals surface area contributed by atoms with Crippen molar-refractivity contribution in [1.29, 1.82) is 0 Å².